The molecule has 0 aromatic heterocycles. The van der Waals surface area contributed by atoms with Crippen LogP contribution in [0.1, 0.15) is 24.8 Å². The molecular weight excluding hydrogens is 184 g/mol. The number of hydrogen-bond acceptors (Lipinski definition) is 2. The first-order valence-corrected chi connectivity index (χ1v) is 5.72. The fraction of sp³-hybridized carbons (Fsp3) is 0.538. The van der Waals surface area contributed by atoms with E-state index in [0.29, 0.717) is 0 Å². The van der Waals surface area contributed by atoms with E-state index in [0.717, 1.165) is 19.5 Å². The van der Waals surface area contributed by atoms with Crippen molar-refractivity contribution in [3.8, 4) is 0 Å². The van der Waals surface area contributed by atoms with Crippen LogP contribution in [-0.2, 0) is 0 Å². The van der Waals surface area contributed by atoms with Crippen LogP contribution in [0, 0.1) is 6.92 Å². The number of unbranched alkanes of at least 4 members (excludes halogenated alkanes) is 2. The Hall–Kier alpha value is -1.02. The standard InChI is InChI=1S/C13H22N2/c1-12-8-4-5-9-13(12)15(2)11-7-3-6-10-14/h4-5,8-9H,3,6-7,10-11,14H2,1-2H3. The lowest BCUT2D eigenvalue weighted by molar-refractivity contribution is 0.678. The van der Waals surface area contributed by atoms with Crippen molar-refractivity contribution in [2.24, 2.45) is 5.73 Å². The van der Waals surface area contributed by atoms with Gasteiger partial charge in [0.25, 0.3) is 0 Å². The Bertz CT molecular complexity index is 284. The van der Waals surface area contributed by atoms with Crippen molar-refractivity contribution in [1.82, 2.24) is 0 Å². The molecule has 0 fully saturated rings. The third-order valence-corrected chi connectivity index (χ3v) is 2.72. The van der Waals surface area contributed by atoms with Crippen LogP contribution in [0.4, 0.5) is 5.69 Å². The van der Waals surface area contributed by atoms with Crippen LogP contribution in [0.15, 0.2) is 24.3 Å². The van der Waals surface area contributed by atoms with Crippen molar-refractivity contribution in [3.63, 3.8) is 0 Å². The van der Waals surface area contributed by atoms with Gasteiger partial charge in [-0.1, -0.05) is 24.6 Å². The first-order valence-electron chi connectivity index (χ1n) is 5.72. The van der Waals surface area contributed by atoms with Gasteiger partial charge in [-0.2, -0.15) is 0 Å². The minimum Gasteiger partial charge on any atom is -0.374 e. The minimum atomic E-state index is 0.814. The van der Waals surface area contributed by atoms with E-state index in [1.807, 2.05) is 0 Å². The van der Waals surface area contributed by atoms with Gasteiger partial charge in [0, 0.05) is 19.3 Å². The van der Waals surface area contributed by atoms with Crippen molar-refractivity contribution in [2.45, 2.75) is 26.2 Å². The second-order valence-electron chi connectivity index (χ2n) is 4.06. The minimum absolute atomic E-state index is 0.814. The fourth-order valence-corrected chi connectivity index (χ4v) is 1.78. The molecule has 0 aliphatic heterocycles. The molecule has 1 rings (SSSR count). The first kappa shape index (κ1) is 12.1. The molecule has 1 aromatic carbocycles. The monoisotopic (exact) mass is 206 g/mol. The van der Waals surface area contributed by atoms with Crippen LogP contribution >= 0.6 is 0 Å². The molecule has 2 nitrogen and oxygen atoms in total. The lowest BCUT2D eigenvalue weighted by Gasteiger charge is -2.21. The molecule has 0 saturated carbocycles. The van der Waals surface area contributed by atoms with Gasteiger partial charge in [0.2, 0.25) is 0 Å². The van der Waals surface area contributed by atoms with Gasteiger partial charge < -0.3 is 10.6 Å². The molecular formula is C13H22N2. The fourth-order valence-electron chi connectivity index (χ4n) is 1.78. The van der Waals surface area contributed by atoms with Crippen LogP contribution in [0.25, 0.3) is 0 Å². The molecule has 0 spiro atoms. The maximum absolute atomic E-state index is 5.47. The number of rotatable bonds is 6. The Morgan fingerprint density at radius 2 is 1.87 bits per heavy atom. The number of nitrogens with two attached hydrogens (primary N) is 1. The topological polar surface area (TPSA) is 29.3 Å². The van der Waals surface area contributed by atoms with E-state index in [2.05, 4.69) is 43.1 Å². The highest BCUT2D eigenvalue weighted by Crippen LogP contribution is 2.18. The molecule has 0 saturated heterocycles. The van der Waals surface area contributed by atoms with Crippen LogP contribution in [-0.4, -0.2) is 20.1 Å². The Balaban J connectivity index is 2.40. The Labute approximate surface area is 93.1 Å². The molecule has 15 heavy (non-hydrogen) atoms. The third-order valence-electron chi connectivity index (χ3n) is 2.72. The van der Waals surface area contributed by atoms with Gasteiger partial charge in [-0.15, -0.1) is 0 Å². The number of hydrogen-bond donors (Lipinski definition) is 1. The Morgan fingerprint density at radius 1 is 1.13 bits per heavy atom. The maximum atomic E-state index is 5.47. The smallest absolute Gasteiger partial charge is 0.0393 e. The van der Waals surface area contributed by atoms with E-state index in [1.165, 1.54) is 24.1 Å². The average Bonchev–Trinajstić information content (AvgIpc) is 2.25. The predicted octanol–water partition coefficient (Wildman–Crippen LogP) is 2.56. The highest BCUT2D eigenvalue weighted by Gasteiger charge is 2.02. The van der Waals surface area contributed by atoms with Gasteiger partial charge in [0.15, 0.2) is 0 Å². The molecule has 2 N–H and O–H groups in total. The molecule has 0 aliphatic rings. The van der Waals surface area contributed by atoms with Crippen LogP contribution in [0.2, 0.25) is 0 Å². The first-order chi connectivity index (χ1) is 7.25. The number of aryl methyl sites for hydroxylation is 1. The highest BCUT2D eigenvalue weighted by molar-refractivity contribution is 5.52. The number of anilines is 1. The summed E-state index contributed by atoms with van der Waals surface area (Å²) < 4.78 is 0. The summed E-state index contributed by atoms with van der Waals surface area (Å²) in [5, 5.41) is 0. The molecule has 84 valence electrons. The summed E-state index contributed by atoms with van der Waals surface area (Å²) >= 11 is 0. The second kappa shape index (κ2) is 6.46. The van der Waals surface area contributed by atoms with Gasteiger partial charge in [-0.05, 0) is 37.9 Å². The molecule has 0 aliphatic carbocycles. The lowest BCUT2D eigenvalue weighted by atomic mass is 10.1. The van der Waals surface area contributed by atoms with E-state index >= 15 is 0 Å². The van der Waals surface area contributed by atoms with Gasteiger partial charge in [-0.3, -0.25) is 0 Å². The zero-order valence-corrected chi connectivity index (χ0v) is 9.87. The van der Waals surface area contributed by atoms with Crippen molar-refractivity contribution in [2.75, 3.05) is 25.0 Å². The number of para-hydroxylation sites is 1. The quantitative estimate of drug-likeness (QED) is 0.725. The van der Waals surface area contributed by atoms with E-state index in [-0.39, 0.29) is 0 Å². The number of benzene rings is 1. The summed E-state index contributed by atoms with van der Waals surface area (Å²) in [5.74, 6) is 0. The Morgan fingerprint density at radius 3 is 2.53 bits per heavy atom. The summed E-state index contributed by atoms with van der Waals surface area (Å²) in [6.45, 7) is 4.09. The van der Waals surface area contributed by atoms with E-state index in [1.54, 1.807) is 0 Å². The molecule has 2 heteroatoms. The van der Waals surface area contributed by atoms with Crippen LogP contribution in [0.5, 0.6) is 0 Å². The van der Waals surface area contributed by atoms with Crippen molar-refractivity contribution < 1.29 is 0 Å². The molecule has 1 aromatic rings. The molecule has 0 atom stereocenters. The summed E-state index contributed by atoms with van der Waals surface area (Å²) in [4.78, 5) is 2.33. The van der Waals surface area contributed by atoms with Gasteiger partial charge in [0.1, 0.15) is 0 Å². The SMILES string of the molecule is Cc1ccccc1N(C)CCCCCN. The molecule has 0 heterocycles. The van der Waals surface area contributed by atoms with Crippen molar-refractivity contribution >= 4 is 5.69 Å². The van der Waals surface area contributed by atoms with Crippen molar-refractivity contribution in [1.29, 1.82) is 0 Å². The Kier molecular flexibility index (Phi) is 5.19. The number of nitrogens with zero attached hydrogens (tertiary/aromatic N) is 1. The second-order valence-corrected chi connectivity index (χ2v) is 4.06. The highest BCUT2D eigenvalue weighted by atomic mass is 15.1. The average molecular weight is 206 g/mol. The van der Waals surface area contributed by atoms with Gasteiger partial charge >= 0.3 is 0 Å². The third kappa shape index (κ3) is 3.92. The molecule has 0 bridgehead atoms. The maximum Gasteiger partial charge on any atom is 0.0393 e. The zero-order chi connectivity index (χ0) is 11.1. The zero-order valence-electron chi connectivity index (χ0n) is 9.87. The van der Waals surface area contributed by atoms with Crippen LogP contribution < -0.4 is 10.6 Å². The predicted molar refractivity (Wildman–Crippen MR) is 67.4 cm³/mol. The van der Waals surface area contributed by atoms with E-state index in [4.69, 9.17) is 5.73 Å². The van der Waals surface area contributed by atoms with Crippen molar-refractivity contribution in [3.05, 3.63) is 29.8 Å². The summed E-state index contributed by atoms with van der Waals surface area (Å²) in [6, 6.07) is 8.52. The molecule has 0 radical (unpaired) electrons. The summed E-state index contributed by atoms with van der Waals surface area (Å²) in [6.07, 6.45) is 3.59. The van der Waals surface area contributed by atoms with Gasteiger partial charge in [-0.25, -0.2) is 0 Å². The summed E-state index contributed by atoms with van der Waals surface area (Å²) in [7, 11) is 2.16. The van der Waals surface area contributed by atoms with E-state index in [9.17, 15) is 0 Å². The summed E-state index contributed by atoms with van der Waals surface area (Å²) in [5.41, 5.74) is 8.15. The normalized spacial score (nSPS) is 10.3. The molecule has 0 unspecified atom stereocenters. The molecule has 0 amide bonds. The largest absolute Gasteiger partial charge is 0.374 e. The van der Waals surface area contributed by atoms with E-state index < -0.39 is 0 Å². The van der Waals surface area contributed by atoms with Crippen LogP contribution in [0.3, 0.4) is 0 Å². The van der Waals surface area contributed by atoms with Gasteiger partial charge in [0.05, 0.1) is 0 Å². The lowest BCUT2D eigenvalue weighted by Crippen LogP contribution is -2.19.